The van der Waals surface area contributed by atoms with E-state index in [0.29, 0.717) is 5.39 Å². The molecule has 0 saturated carbocycles. The van der Waals surface area contributed by atoms with Crippen LogP contribution in [0.5, 0.6) is 0 Å². The summed E-state index contributed by atoms with van der Waals surface area (Å²) in [4.78, 5) is 22.0. The van der Waals surface area contributed by atoms with E-state index in [1.54, 1.807) is 24.3 Å². The van der Waals surface area contributed by atoms with E-state index in [0.717, 1.165) is 6.07 Å². The predicted molar refractivity (Wildman–Crippen MR) is 62.1 cm³/mol. The molecule has 0 bridgehead atoms. The summed E-state index contributed by atoms with van der Waals surface area (Å²) in [5.41, 5.74) is -4.59. The Morgan fingerprint density at radius 3 is 2.05 bits per heavy atom. The van der Waals surface area contributed by atoms with Crippen molar-refractivity contribution in [3.63, 3.8) is 0 Å². The standard InChI is InChI=1S/C11H9F2O2PS.2K/c12-11(13,16(14,15)17)10-7-3-5-8-4-1-2-6-9(8)10;;/h1-7H,(H2,14,15,17);;/q;2*+1/p-2. The number of alkyl halides is 2. The first-order chi connectivity index (χ1) is 7.84. The van der Waals surface area contributed by atoms with Crippen LogP contribution in [0.3, 0.4) is 0 Å². The summed E-state index contributed by atoms with van der Waals surface area (Å²) in [5, 5.41) is 0.744. The zero-order valence-electron chi connectivity index (χ0n) is 10.5. The van der Waals surface area contributed by atoms with Gasteiger partial charge in [-0.3, -0.25) is 0 Å². The van der Waals surface area contributed by atoms with Gasteiger partial charge < -0.3 is 9.79 Å². The Morgan fingerprint density at radius 1 is 0.947 bits per heavy atom. The van der Waals surface area contributed by atoms with E-state index in [9.17, 15) is 18.6 Å². The number of fused-ring (bicyclic) bond motifs is 1. The van der Waals surface area contributed by atoms with Crippen LogP contribution < -0.4 is 113 Å². The normalized spacial score (nSPS) is 11.6. The average Bonchev–Trinajstić information content (AvgIpc) is 2.26. The summed E-state index contributed by atoms with van der Waals surface area (Å²) in [5.74, 6) is 0. The predicted octanol–water partition coefficient (Wildman–Crippen LogP) is -4.07. The summed E-state index contributed by atoms with van der Waals surface area (Å²) in [6.07, 6.45) is 0. The largest absolute Gasteiger partial charge is 1.00 e. The molecule has 0 unspecified atom stereocenters. The Bertz CT molecular complexity index is 613. The van der Waals surface area contributed by atoms with Crippen LogP contribution in [0, 0.1) is 0 Å². The summed E-state index contributed by atoms with van der Waals surface area (Å²) >= 11 is 3.92. The maximum Gasteiger partial charge on any atom is 1.00 e. The van der Waals surface area contributed by atoms with Gasteiger partial charge in [-0.25, -0.2) is 0 Å². The van der Waals surface area contributed by atoms with Crippen molar-refractivity contribution in [3.8, 4) is 0 Å². The van der Waals surface area contributed by atoms with Crippen molar-refractivity contribution in [2.45, 2.75) is 5.66 Å². The Labute approximate surface area is 200 Å². The maximum atomic E-state index is 13.7. The summed E-state index contributed by atoms with van der Waals surface area (Å²) in [6, 6.07) is 10.4. The third-order valence-corrected chi connectivity index (χ3v) is 4.07. The molecular weight excluding hydrogens is 343 g/mol. The molecule has 2 nitrogen and oxygen atoms in total. The van der Waals surface area contributed by atoms with Crippen molar-refractivity contribution in [1.29, 1.82) is 0 Å². The molecule has 0 atom stereocenters. The molecule has 2 rings (SSSR count). The van der Waals surface area contributed by atoms with Crippen LogP contribution in [0.4, 0.5) is 8.78 Å². The second-order valence-corrected chi connectivity index (χ2v) is 6.56. The smallest absolute Gasteiger partial charge is 0.828 e. The molecule has 0 radical (unpaired) electrons. The summed E-state index contributed by atoms with van der Waals surface area (Å²) in [6.45, 7) is -5.19. The Balaban J connectivity index is 0.00000162. The first-order valence-corrected chi connectivity index (χ1v) is 7.36. The van der Waals surface area contributed by atoms with Crippen LogP contribution in [0.15, 0.2) is 42.5 Å². The van der Waals surface area contributed by atoms with E-state index in [1.807, 2.05) is 0 Å². The fourth-order valence-corrected chi connectivity index (χ4v) is 2.42. The van der Waals surface area contributed by atoms with Crippen molar-refractivity contribution >= 4 is 29.1 Å². The van der Waals surface area contributed by atoms with Crippen LogP contribution in [0.1, 0.15) is 5.56 Å². The second-order valence-electron chi connectivity index (χ2n) is 3.57. The molecule has 0 amide bonds. The number of hydrogen-bond acceptors (Lipinski definition) is 3. The molecule has 0 saturated heterocycles. The van der Waals surface area contributed by atoms with Gasteiger partial charge in [0.2, 0.25) is 0 Å². The minimum absolute atomic E-state index is 0. The van der Waals surface area contributed by atoms with Gasteiger partial charge in [0, 0.05) is 5.56 Å². The van der Waals surface area contributed by atoms with Crippen molar-refractivity contribution in [1.82, 2.24) is 0 Å². The fraction of sp³-hybridized carbons (Fsp3) is 0.0909. The maximum absolute atomic E-state index is 13.7. The van der Waals surface area contributed by atoms with E-state index < -0.39 is 17.7 Å². The van der Waals surface area contributed by atoms with E-state index in [-0.39, 0.29) is 108 Å². The molecule has 0 spiro atoms. The van der Waals surface area contributed by atoms with Crippen molar-refractivity contribution in [3.05, 3.63) is 48.0 Å². The molecule has 2 aromatic rings. The molecule has 8 heteroatoms. The number of halogens is 2. The van der Waals surface area contributed by atoms with Crippen molar-refractivity contribution in [2.24, 2.45) is 0 Å². The van der Waals surface area contributed by atoms with Gasteiger partial charge in [0.05, 0.1) is 0 Å². The molecule has 2 aromatic carbocycles. The molecule has 0 heterocycles. The van der Waals surface area contributed by atoms with Gasteiger partial charge in [-0.1, -0.05) is 42.5 Å². The zero-order valence-corrected chi connectivity index (χ0v) is 18.4. The Morgan fingerprint density at radius 2 is 1.47 bits per heavy atom. The van der Waals surface area contributed by atoms with Gasteiger partial charge in [-0.05, 0) is 10.8 Å². The minimum atomic E-state index is -5.19. The first-order valence-electron chi connectivity index (χ1n) is 4.72. The Hall–Kier alpha value is 2.40. The van der Waals surface area contributed by atoms with Gasteiger partial charge >= 0.3 is 103 Å². The van der Waals surface area contributed by atoms with Crippen LogP contribution in [-0.4, -0.2) is 0 Å². The van der Waals surface area contributed by atoms with Crippen LogP contribution >= 0.6 is 6.49 Å². The number of benzene rings is 2. The molecular formula is C11H7F2K2O2PS. The van der Waals surface area contributed by atoms with Gasteiger partial charge in [0.15, 0.2) is 0 Å². The minimum Gasteiger partial charge on any atom is -0.828 e. The van der Waals surface area contributed by atoms with Crippen molar-refractivity contribution < 1.29 is 121 Å². The monoisotopic (exact) mass is 350 g/mol. The Kier molecular flexibility index (Phi) is 9.36. The van der Waals surface area contributed by atoms with E-state index in [4.69, 9.17) is 0 Å². The van der Waals surface area contributed by atoms with E-state index in [1.165, 1.54) is 12.1 Å². The van der Waals surface area contributed by atoms with Crippen LogP contribution in [0.25, 0.3) is 10.8 Å². The molecule has 90 valence electrons. The summed E-state index contributed by atoms with van der Waals surface area (Å²) < 4.78 is 27.4. The fourth-order valence-electron chi connectivity index (χ4n) is 1.64. The van der Waals surface area contributed by atoms with Gasteiger partial charge in [0.25, 0.3) is 5.66 Å². The molecule has 19 heavy (non-hydrogen) atoms. The summed E-state index contributed by atoms with van der Waals surface area (Å²) in [7, 11) is 0. The van der Waals surface area contributed by atoms with Crippen LogP contribution in [-0.2, 0) is 17.5 Å². The van der Waals surface area contributed by atoms with E-state index in [2.05, 4.69) is 11.8 Å². The van der Waals surface area contributed by atoms with Gasteiger partial charge in [-0.2, -0.15) is 8.78 Å². The second kappa shape index (κ2) is 8.31. The average molecular weight is 350 g/mol. The first kappa shape index (κ1) is 21.4. The molecule has 0 aliphatic carbocycles. The van der Waals surface area contributed by atoms with Gasteiger partial charge in [0.1, 0.15) is 0 Å². The third-order valence-electron chi connectivity index (χ3n) is 2.46. The van der Waals surface area contributed by atoms with Gasteiger partial charge in [-0.15, -0.1) is 18.3 Å². The quantitative estimate of drug-likeness (QED) is 0.409. The van der Waals surface area contributed by atoms with Crippen molar-refractivity contribution in [2.75, 3.05) is 0 Å². The number of hydrogen-bond donors (Lipinski definition) is 0. The topological polar surface area (TPSA) is 46.1 Å². The molecule has 0 aromatic heterocycles. The van der Waals surface area contributed by atoms with E-state index >= 15 is 0 Å². The molecule has 0 aliphatic heterocycles. The SMILES string of the molecule is [K+].[K+].[O-]P([O-])(=S)C(F)(F)c1cccc2ccccc12. The number of rotatable bonds is 2. The molecule has 0 aliphatic rings. The third kappa shape index (κ3) is 4.69. The molecule has 0 N–H and O–H groups in total. The zero-order chi connectivity index (χ0) is 12.7. The molecule has 0 fully saturated rings. The van der Waals surface area contributed by atoms with Crippen LogP contribution in [0.2, 0.25) is 0 Å².